The molecule has 0 spiro atoms. The molecule has 1 amide bonds. The average molecular weight is 604 g/mol. The third kappa shape index (κ3) is 6.50. The first-order valence-electron chi connectivity index (χ1n) is 13.0. The lowest BCUT2D eigenvalue weighted by Gasteiger charge is -2.22. The lowest BCUT2D eigenvalue weighted by atomic mass is 10.1. The monoisotopic (exact) mass is 603 g/mol. The number of sulfonamides is 1. The third-order valence-corrected chi connectivity index (χ3v) is 8.07. The lowest BCUT2D eigenvalue weighted by molar-refractivity contribution is -0.137. The van der Waals surface area contributed by atoms with Crippen molar-refractivity contribution in [2.45, 2.75) is 30.2 Å². The van der Waals surface area contributed by atoms with Gasteiger partial charge in [0, 0.05) is 13.1 Å². The molecule has 0 bridgehead atoms. The van der Waals surface area contributed by atoms with E-state index in [4.69, 9.17) is 9.47 Å². The number of anilines is 1. The summed E-state index contributed by atoms with van der Waals surface area (Å²) in [6.45, 7) is 2.05. The first kappa shape index (κ1) is 29.4. The van der Waals surface area contributed by atoms with Crippen LogP contribution in [0.3, 0.4) is 0 Å². The molecule has 1 saturated heterocycles. The Morgan fingerprint density at radius 2 is 1.86 bits per heavy atom. The minimum Gasteiger partial charge on any atom is -0.496 e. The van der Waals surface area contributed by atoms with E-state index in [9.17, 15) is 26.4 Å². The maximum atomic E-state index is 13.1. The van der Waals surface area contributed by atoms with Crippen LogP contribution < -0.4 is 20.1 Å². The van der Waals surface area contributed by atoms with Gasteiger partial charge in [-0.25, -0.2) is 8.42 Å². The van der Waals surface area contributed by atoms with Crippen LogP contribution in [0.5, 0.6) is 5.75 Å². The number of benzene rings is 3. The Hall–Kier alpha value is -4.14. The Morgan fingerprint density at radius 3 is 2.55 bits per heavy atom. The molecule has 0 radical (unpaired) electrons. The van der Waals surface area contributed by atoms with Gasteiger partial charge in [-0.05, 0) is 47.5 Å². The maximum Gasteiger partial charge on any atom is 0.416 e. The van der Waals surface area contributed by atoms with E-state index in [-0.39, 0.29) is 23.2 Å². The van der Waals surface area contributed by atoms with E-state index >= 15 is 0 Å². The fraction of sp³-hybridized carbons (Fsp3) is 0.286. The molecule has 2 heterocycles. The molecule has 3 aromatic carbocycles. The summed E-state index contributed by atoms with van der Waals surface area (Å²) in [6.07, 6.45) is -4.59. The van der Waals surface area contributed by atoms with Crippen LogP contribution in [0, 0.1) is 0 Å². The molecule has 0 aliphatic carbocycles. The number of nitrogens with zero attached hydrogens (tertiary/aromatic N) is 2. The molecule has 4 aromatic rings. The van der Waals surface area contributed by atoms with Gasteiger partial charge in [0.05, 0.1) is 48.2 Å². The highest BCUT2D eigenvalue weighted by Crippen LogP contribution is 2.34. The van der Waals surface area contributed by atoms with Crippen LogP contribution in [-0.4, -0.2) is 57.0 Å². The van der Waals surface area contributed by atoms with Crippen LogP contribution in [0.25, 0.3) is 10.9 Å². The molecule has 1 unspecified atom stereocenters. The molecular weight excluding hydrogens is 575 g/mol. The van der Waals surface area contributed by atoms with Crippen molar-refractivity contribution in [3.63, 3.8) is 0 Å². The molecule has 1 fully saturated rings. The number of morpholine rings is 1. The third-order valence-electron chi connectivity index (χ3n) is 6.71. The van der Waals surface area contributed by atoms with Gasteiger partial charge in [0.2, 0.25) is 5.91 Å². The van der Waals surface area contributed by atoms with Gasteiger partial charge in [-0.3, -0.25) is 14.2 Å². The summed E-state index contributed by atoms with van der Waals surface area (Å²) in [5, 5.41) is 10.9. The maximum absolute atomic E-state index is 13.1. The summed E-state index contributed by atoms with van der Waals surface area (Å²) in [7, 11) is -2.85. The van der Waals surface area contributed by atoms with E-state index in [2.05, 4.69) is 20.5 Å². The largest absolute Gasteiger partial charge is 0.496 e. The molecular formula is C28H28F3N5O5S. The smallest absolute Gasteiger partial charge is 0.416 e. The Balaban J connectivity index is 1.39. The van der Waals surface area contributed by atoms with E-state index in [1.807, 2.05) is 24.3 Å². The fourth-order valence-corrected chi connectivity index (χ4v) is 5.64. The van der Waals surface area contributed by atoms with Gasteiger partial charge in [-0.2, -0.15) is 18.3 Å². The molecule has 1 aliphatic rings. The summed E-state index contributed by atoms with van der Waals surface area (Å²) in [4.78, 5) is 12.1. The van der Waals surface area contributed by atoms with Crippen molar-refractivity contribution in [1.82, 2.24) is 20.4 Å². The number of fused-ring (bicyclic) bond motifs is 1. The second kappa shape index (κ2) is 12.0. The molecule has 1 aliphatic heterocycles. The van der Waals surface area contributed by atoms with Crippen LogP contribution in [0.15, 0.2) is 71.6 Å². The minimum atomic E-state index is -4.59. The normalized spacial score (nSPS) is 15.9. The molecule has 3 N–H and O–H groups in total. The van der Waals surface area contributed by atoms with Crippen molar-refractivity contribution in [2.24, 2.45) is 0 Å². The van der Waals surface area contributed by atoms with Gasteiger partial charge in [0.25, 0.3) is 10.0 Å². The minimum absolute atomic E-state index is 0.0343. The van der Waals surface area contributed by atoms with E-state index in [1.165, 1.54) is 7.11 Å². The van der Waals surface area contributed by atoms with Crippen molar-refractivity contribution >= 4 is 32.7 Å². The van der Waals surface area contributed by atoms with Crippen LogP contribution in [0.4, 0.5) is 19.0 Å². The van der Waals surface area contributed by atoms with Crippen LogP contribution in [0.1, 0.15) is 16.7 Å². The van der Waals surface area contributed by atoms with Gasteiger partial charge in [-0.1, -0.05) is 30.3 Å². The summed E-state index contributed by atoms with van der Waals surface area (Å²) < 4.78 is 80.0. The zero-order chi connectivity index (χ0) is 29.9. The van der Waals surface area contributed by atoms with Crippen LogP contribution in [0.2, 0.25) is 0 Å². The topological polar surface area (TPSA) is 124 Å². The number of alkyl halides is 3. The second-order valence-corrected chi connectivity index (χ2v) is 11.3. The highest BCUT2D eigenvalue weighted by Gasteiger charge is 2.31. The number of rotatable bonds is 9. The van der Waals surface area contributed by atoms with E-state index in [1.54, 1.807) is 22.9 Å². The zero-order valence-corrected chi connectivity index (χ0v) is 23.3. The number of carbonyl (C=O) groups is 1. The van der Waals surface area contributed by atoms with Gasteiger partial charge in [0.15, 0.2) is 5.82 Å². The average Bonchev–Trinajstić information content (AvgIpc) is 3.32. The van der Waals surface area contributed by atoms with E-state index in [0.717, 1.165) is 23.3 Å². The molecule has 1 aromatic heterocycles. The molecule has 1 atom stereocenters. The Labute approximate surface area is 239 Å². The Kier molecular flexibility index (Phi) is 8.38. The highest BCUT2D eigenvalue weighted by molar-refractivity contribution is 7.92. The number of aromatic nitrogens is 2. The summed E-state index contributed by atoms with van der Waals surface area (Å²) in [5.41, 5.74) is 1.31. The quantitative estimate of drug-likeness (QED) is 0.268. The van der Waals surface area contributed by atoms with Crippen molar-refractivity contribution in [2.75, 3.05) is 31.6 Å². The number of hydrogen-bond acceptors (Lipinski definition) is 7. The zero-order valence-electron chi connectivity index (χ0n) is 22.4. The summed E-state index contributed by atoms with van der Waals surface area (Å²) in [5.74, 6) is 0.170. The predicted octanol–water partition coefficient (Wildman–Crippen LogP) is 3.52. The van der Waals surface area contributed by atoms with Crippen molar-refractivity contribution < 1.29 is 35.9 Å². The molecule has 0 saturated carbocycles. The van der Waals surface area contributed by atoms with Crippen molar-refractivity contribution in [3.8, 4) is 5.75 Å². The molecule has 14 heteroatoms. The SMILES string of the molecule is COc1cccc2c1c(NS(=O)(=O)c1ccc(C(F)(F)F)cc1)nn2Cc1cccc(CNC(=O)C2COCCN2)c1. The standard InChI is InChI=1S/C28H28F3N5O5S/c1-40-24-7-3-6-23-25(24)26(35-42(38,39)21-10-8-20(9-11-21)28(29,30)31)34-36(23)16-19-5-2-4-18(14-19)15-33-27(37)22-17-41-13-12-32-22/h2-11,14,22,32H,12-13,15-17H2,1H3,(H,33,37)(H,34,35). The number of methoxy groups -OCH3 is 1. The Bertz CT molecular complexity index is 1680. The number of carbonyl (C=O) groups excluding carboxylic acids is 1. The molecule has 5 rings (SSSR count). The van der Waals surface area contributed by atoms with Crippen LogP contribution in [-0.2, 0) is 38.8 Å². The van der Waals surface area contributed by atoms with Crippen molar-refractivity contribution in [1.29, 1.82) is 0 Å². The molecule has 222 valence electrons. The van der Waals surface area contributed by atoms with E-state index in [0.29, 0.717) is 55.1 Å². The van der Waals surface area contributed by atoms with Crippen LogP contribution >= 0.6 is 0 Å². The molecule has 10 nitrogen and oxygen atoms in total. The van der Waals surface area contributed by atoms with Gasteiger partial charge < -0.3 is 20.1 Å². The lowest BCUT2D eigenvalue weighted by Crippen LogP contribution is -2.51. The first-order chi connectivity index (χ1) is 20.0. The predicted molar refractivity (Wildman–Crippen MR) is 149 cm³/mol. The number of halogens is 3. The molecule has 42 heavy (non-hydrogen) atoms. The van der Waals surface area contributed by atoms with Gasteiger partial charge in [0.1, 0.15) is 11.8 Å². The highest BCUT2D eigenvalue weighted by atomic mass is 32.2. The fourth-order valence-electron chi connectivity index (χ4n) is 4.63. The number of amides is 1. The summed E-state index contributed by atoms with van der Waals surface area (Å²) in [6, 6.07) is 15.5. The summed E-state index contributed by atoms with van der Waals surface area (Å²) >= 11 is 0. The second-order valence-electron chi connectivity index (χ2n) is 9.61. The number of nitrogens with one attached hydrogen (secondary N) is 3. The van der Waals surface area contributed by atoms with E-state index < -0.39 is 27.8 Å². The number of hydrogen-bond donors (Lipinski definition) is 3. The first-order valence-corrected chi connectivity index (χ1v) is 14.4. The Morgan fingerprint density at radius 1 is 1.12 bits per heavy atom. The number of ether oxygens (including phenoxy) is 2. The van der Waals surface area contributed by atoms with Gasteiger partial charge in [-0.15, -0.1) is 0 Å². The van der Waals surface area contributed by atoms with Gasteiger partial charge >= 0.3 is 6.18 Å². The van der Waals surface area contributed by atoms with Crippen molar-refractivity contribution in [3.05, 3.63) is 83.4 Å².